The molecule has 0 rings (SSSR count). The largest absolute Gasteiger partial charge is 0.355 e. The van der Waals surface area contributed by atoms with Gasteiger partial charge in [-0.1, -0.05) is 6.92 Å². The fraction of sp³-hybridized carbons (Fsp3) is 0.917. The zero-order valence-corrected chi connectivity index (χ0v) is 11.1. The SMILES string of the molecule is CC[C@@H](N)C(=O)NCCCCN(C)C(C)C. The van der Waals surface area contributed by atoms with E-state index in [9.17, 15) is 4.79 Å². The van der Waals surface area contributed by atoms with Gasteiger partial charge in [-0.3, -0.25) is 4.79 Å². The first-order chi connectivity index (χ1) is 7.49. The Kier molecular flexibility index (Phi) is 8.21. The Morgan fingerprint density at radius 2 is 2.00 bits per heavy atom. The van der Waals surface area contributed by atoms with E-state index in [0.29, 0.717) is 12.5 Å². The number of hydrogen-bond acceptors (Lipinski definition) is 3. The van der Waals surface area contributed by atoms with Gasteiger partial charge in [-0.2, -0.15) is 0 Å². The third kappa shape index (κ3) is 6.80. The summed E-state index contributed by atoms with van der Waals surface area (Å²) in [7, 11) is 2.12. The number of unbranched alkanes of at least 4 members (excludes halogenated alkanes) is 1. The molecular weight excluding hydrogens is 202 g/mol. The number of amides is 1. The highest BCUT2D eigenvalue weighted by Gasteiger charge is 2.09. The predicted molar refractivity (Wildman–Crippen MR) is 68.3 cm³/mol. The summed E-state index contributed by atoms with van der Waals surface area (Å²) in [5.74, 6) is -0.0280. The highest BCUT2D eigenvalue weighted by molar-refractivity contribution is 5.81. The highest BCUT2D eigenvalue weighted by Crippen LogP contribution is 1.97. The van der Waals surface area contributed by atoms with Crippen LogP contribution in [0, 0.1) is 0 Å². The Hall–Kier alpha value is -0.610. The number of carbonyl (C=O) groups is 1. The third-order valence-corrected chi connectivity index (χ3v) is 2.89. The van der Waals surface area contributed by atoms with E-state index in [4.69, 9.17) is 5.73 Å². The van der Waals surface area contributed by atoms with E-state index in [-0.39, 0.29) is 11.9 Å². The van der Waals surface area contributed by atoms with E-state index in [1.165, 1.54) is 0 Å². The molecule has 0 saturated carbocycles. The Bertz CT molecular complexity index is 195. The maximum Gasteiger partial charge on any atom is 0.236 e. The molecule has 1 amide bonds. The molecule has 0 bridgehead atoms. The van der Waals surface area contributed by atoms with Crippen LogP contribution in [0.4, 0.5) is 0 Å². The Balaban J connectivity index is 3.44. The molecule has 3 N–H and O–H groups in total. The molecule has 0 unspecified atom stereocenters. The Morgan fingerprint density at radius 3 is 2.50 bits per heavy atom. The molecule has 0 heterocycles. The monoisotopic (exact) mass is 229 g/mol. The van der Waals surface area contributed by atoms with Crippen molar-refractivity contribution in [3.8, 4) is 0 Å². The summed E-state index contributed by atoms with van der Waals surface area (Å²) in [5, 5.41) is 2.85. The molecule has 0 aromatic heterocycles. The van der Waals surface area contributed by atoms with Gasteiger partial charge >= 0.3 is 0 Å². The van der Waals surface area contributed by atoms with Crippen LogP contribution in [0.25, 0.3) is 0 Å². The van der Waals surface area contributed by atoms with Gasteiger partial charge in [0, 0.05) is 12.6 Å². The van der Waals surface area contributed by atoms with Crippen LogP contribution in [-0.4, -0.2) is 43.0 Å². The van der Waals surface area contributed by atoms with E-state index in [1.807, 2.05) is 6.92 Å². The van der Waals surface area contributed by atoms with E-state index in [2.05, 4.69) is 31.1 Å². The van der Waals surface area contributed by atoms with Crippen molar-refractivity contribution in [2.24, 2.45) is 5.73 Å². The van der Waals surface area contributed by atoms with Crippen LogP contribution < -0.4 is 11.1 Å². The molecule has 0 aliphatic rings. The summed E-state index contributed by atoms with van der Waals surface area (Å²) in [6, 6.07) is 0.237. The van der Waals surface area contributed by atoms with E-state index >= 15 is 0 Å². The van der Waals surface area contributed by atoms with Crippen LogP contribution in [0.3, 0.4) is 0 Å². The zero-order chi connectivity index (χ0) is 12.6. The van der Waals surface area contributed by atoms with E-state index in [1.54, 1.807) is 0 Å². The van der Waals surface area contributed by atoms with E-state index in [0.717, 1.165) is 25.9 Å². The normalized spacial score (nSPS) is 13.2. The molecule has 0 spiro atoms. The molecule has 96 valence electrons. The number of hydrogen-bond donors (Lipinski definition) is 2. The average molecular weight is 229 g/mol. The van der Waals surface area contributed by atoms with Crippen LogP contribution >= 0.6 is 0 Å². The Morgan fingerprint density at radius 1 is 1.38 bits per heavy atom. The minimum Gasteiger partial charge on any atom is -0.355 e. The van der Waals surface area contributed by atoms with Gasteiger partial charge in [0.15, 0.2) is 0 Å². The van der Waals surface area contributed by atoms with Gasteiger partial charge in [-0.25, -0.2) is 0 Å². The molecule has 0 fully saturated rings. The minimum atomic E-state index is -0.349. The third-order valence-electron chi connectivity index (χ3n) is 2.89. The minimum absolute atomic E-state index is 0.0280. The summed E-state index contributed by atoms with van der Waals surface area (Å²) >= 11 is 0. The summed E-state index contributed by atoms with van der Waals surface area (Å²) in [6.07, 6.45) is 2.82. The van der Waals surface area contributed by atoms with Gasteiger partial charge in [-0.15, -0.1) is 0 Å². The van der Waals surface area contributed by atoms with Crippen molar-refractivity contribution in [1.82, 2.24) is 10.2 Å². The fourth-order valence-electron chi connectivity index (χ4n) is 1.27. The fourth-order valence-corrected chi connectivity index (χ4v) is 1.27. The molecule has 0 saturated heterocycles. The topological polar surface area (TPSA) is 58.4 Å². The molecule has 16 heavy (non-hydrogen) atoms. The van der Waals surface area contributed by atoms with Gasteiger partial charge < -0.3 is 16.0 Å². The number of nitrogens with one attached hydrogen (secondary N) is 1. The number of nitrogens with zero attached hydrogens (tertiary/aromatic N) is 1. The van der Waals surface area contributed by atoms with Gasteiger partial charge in [-0.05, 0) is 46.7 Å². The van der Waals surface area contributed by atoms with Crippen molar-refractivity contribution in [2.45, 2.75) is 52.1 Å². The van der Waals surface area contributed by atoms with Crippen LogP contribution in [0.2, 0.25) is 0 Å². The molecule has 1 atom stereocenters. The van der Waals surface area contributed by atoms with Crippen LogP contribution in [0.15, 0.2) is 0 Å². The first-order valence-electron chi connectivity index (χ1n) is 6.22. The van der Waals surface area contributed by atoms with Crippen LogP contribution in [0.5, 0.6) is 0 Å². The van der Waals surface area contributed by atoms with Crippen molar-refractivity contribution in [2.75, 3.05) is 20.1 Å². The first kappa shape index (κ1) is 15.4. The average Bonchev–Trinajstić information content (AvgIpc) is 2.26. The van der Waals surface area contributed by atoms with Gasteiger partial charge in [0.1, 0.15) is 0 Å². The van der Waals surface area contributed by atoms with Crippen molar-refractivity contribution >= 4 is 5.91 Å². The number of nitrogens with two attached hydrogens (primary N) is 1. The van der Waals surface area contributed by atoms with Crippen molar-refractivity contribution in [3.05, 3.63) is 0 Å². The van der Waals surface area contributed by atoms with Crippen LogP contribution in [0.1, 0.15) is 40.0 Å². The van der Waals surface area contributed by atoms with Crippen LogP contribution in [-0.2, 0) is 4.79 Å². The molecule has 4 heteroatoms. The molecule has 0 radical (unpaired) electrons. The smallest absolute Gasteiger partial charge is 0.236 e. The second-order valence-corrected chi connectivity index (χ2v) is 4.59. The predicted octanol–water partition coefficient (Wildman–Crippen LogP) is 0.960. The lowest BCUT2D eigenvalue weighted by Gasteiger charge is -2.20. The highest BCUT2D eigenvalue weighted by atomic mass is 16.2. The zero-order valence-electron chi connectivity index (χ0n) is 11.1. The second kappa shape index (κ2) is 8.53. The van der Waals surface area contributed by atoms with E-state index < -0.39 is 0 Å². The first-order valence-corrected chi connectivity index (χ1v) is 6.22. The number of carbonyl (C=O) groups excluding carboxylic acids is 1. The lowest BCUT2D eigenvalue weighted by molar-refractivity contribution is -0.122. The molecule has 0 aliphatic heterocycles. The van der Waals surface area contributed by atoms with Crippen molar-refractivity contribution in [3.63, 3.8) is 0 Å². The second-order valence-electron chi connectivity index (χ2n) is 4.59. The van der Waals surface area contributed by atoms with Gasteiger partial charge in [0.25, 0.3) is 0 Å². The van der Waals surface area contributed by atoms with Crippen molar-refractivity contribution < 1.29 is 4.79 Å². The quantitative estimate of drug-likeness (QED) is 0.610. The molecule has 0 aliphatic carbocycles. The summed E-state index contributed by atoms with van der Waals surface area (Å²) < 4.78 is 0. The molecular formula is C12H27N3O. The number of rotatable bonds is 8. The maximum atomic E-state index is 11.3. The summed E-state index contributed by atoms with van der Waals surface area (Å²) in [4.78, 5) is 13.6. The van der Waals surface area contributed by atoms with Gasteiger partial charge in [0.2, 0.25) is 5.91 Å². The summed E-state index contributed by atoms with van der Waals surface area (Å²) in [5.41, 5.74) is 5.60. The van der Waals surface area contributed by atoms with Gasteiger partial charge in [0.05, 0.1) is 6.04 Å². The molecule has 4 nitrogen and oxygen atoms in total. The van der Waals surface area contributed by atoms with Crippen molar-refractivity contribution in [1.29, 1.82) is 0 Å². The standard InChI is InChI=1S/C12H27N3O/c1-5-11(13)12(16)14-8-6-7-9-15(4)10(2)3/h10-11H,5-9,13H2,1-4H3,(H,14,16)/t11-/m1/s1. The molecule has 0 aromatic carbocycles. The molecule has 0 aromatic rings. The summed E-state index contributed by atoms with van der Waals surface area (Å²) in [6.45, 7) is 8.10. The maximum absolute atomic E-state index is 11.3. The Labute approximate surface area is 99.6 Å². The lowest BCUT2D eigenvalue weighted by Crippen LogP contribution is -2.40. The lowest BCUT2D eigenvalue weighted by atomic mass is 10.2.